The fourth-order valence-electron chi connectivity index (χ4n) is 7.35. The summed E-state index contributed by atoms with van der Waals surface area (Å²) in [6.45, 7) is 3.19. The number of hydrogen-bond donors (Lipinski definition) is 5. The van der Waals surface area contributed by atoms with Gasteiger partial charge in [-0.2, -0.15) is 0 Å². The van der Waals surface area contributed by atoms with E-state index in [0.717, 1.165) is 18.4 Å². The summed E-state index contributed by atoms with van der Waals surface area (Å²) in [4.78, 5) is 47.8. The van der Waals surface area contributed by atoms with Crippen molar-refractivity contribution in [2.45, 2.75) is 51.6 Å². The number of aliphatic hydroxyl groups excluding tert-OH is 1. The first-order chi connectivity index (χ1) is 17.3. The lowest BCUT2D eigenvalue weighted by molar-refractivity contribution is -0.168. The third kappa shape index (κ3) is 4.10. The molecule has 0 aliphatic heterocycles. The number of rotatable bonds is 3. The van der Waals surface area contributed by atoms with Gasteiger partial charge in [-0.1, -0.05) is 25.5 Å². The van der Waals surface area contributed by atoms with Crippen LogP contribution in [0.2, 0.25) is 0 Å². The van der Waals surface area contributed by atoms with Crippen molar-refractivity contribution in [1.29, 1.82) is 0 Å². The normalized spacial score (nSPS) is 35.9. The molecule has 1 aromatic rings. The van der Waals surface area contributed by atoms with Gasteiger partial charge in [0, 0.05) is 28.9 Å². The lowest BCUT2D eigenvalue weighted by Crippen LogP contribution is -2.60. The Labute approximate surface area is 214 Å². The summed E-state index contributed by atoms with van der Waals surface area (Å²) < 4.78 is 0. The second-order valence-corrected chi connectivity index (χ2v) is 11.1. The second kappa shape index (κ2) is 9.22. The number of allylic oxidation sites excluding steroid dienone is 4. The van der Waals surface area contributed by atoms with Gasteiger partial charge >= 0.3 is 5.97 Å². The third-order valence-electron chi connectivity index (χ3n) is 9.26. The standard InChI is InChI=1S/C21H26O5.C7H7NO3/c1-19-7-5-13(23)9-12(19)3-4-14-15-6-8-21(26,17(25)11-22)20(15,2)10-16(24)18(14)19;8-4-1-2-6(9)5(3-4)7(10)11/h5,7,9,14-15,18,22,26H,3-4,6,8,10-11H2,1-2H3;1-3,9H,8H2,(H,10,11)/t14-,15-,18+,19-,20-,21-;/m0./s1. The van der Waals surface area contributed by atoms with E-state index in [1.807, 2.05) is 19.9 Å². The maximum absolute atomic E-state index is 13.3. The van der Waals surface area contributed by atoms with E-state index in [0.29, 0.717) is 18.5 Å². The molecule has 1 aromatic carbocycles. The van der Waals surface area contributed by atoms with Crippen LogP contribution < -0.4 is 5.73 Å². The van der Waals surface area contributed by atoms with Crippen LogP contribution in [0.25, 0.3) is 0 Å². The zero-order valence-corrected chi connectivity index (χ0v) is 20.9. The van der Waals surface area contributed by atoms with Crippen LogP contribution in [0, 0.1) is 28.6 Å². The molecular weight excluding hydrogens is 478 g/mol. The van der Waals surface area contributed by atoms with Gasteiger partial charge in [-0.25, -0.2) is 4.79 Å². The molecule has 5 rings (SSSR count). The summed E-state index contributed by atoms with van der Waals surface area (Å²) in [6.07, 6.45) is 7.82. The number of phenols is 1. The Morgan fingerprint density at radius 2 is 1.86 bits per heavy atom. The molecule has 4 aliphatic rings. The van der Waals surface area contributed by atoms with Crippen LogP contribution >= 0.6 is 0 Å². The number of nitrogens with two attached hydrogens (primary N) is 1. The fraction of sp³-hybridized carbons (Fsp3) is 0.500. The smallest absolute Gasteiger partial charge is 0.339 e. The highest BCUT2D eigenvalue weighted by atomic mass is 16.4. The van der Waals surface area contributed by atoms with Crippen molar-refractivity contribution in [2.75, 3.05) is 12.3 Å². The van der Waals surface area contributed by atoms with E-state index in [2.05, 4.69) is 0 Å². The van der Waals surface area contributed by atoms with Crippen LogP contribution in [0.4, 0.5) is 5.69 Å². The number of carboxylic acid groups (broad SMARTS) is 1. The first kappa shape index (κ1) is 26.8. The average Bonchev–Trinajstić information content (AvgIpc) is 3.11. The third-order valence-corrected chi connectivity index (χ3v) is 9.26. The molecule has 3 saturated carbocycles. The first-order valence-corrected chi connectivity index (χ1v) is 12.4. The van der Waals surface area contributed by atoms with Crippen LogP contribution in [-0.4, -0.2) is 56.0 Å². The van der Waals surface area contributed by atoms with Crippen molar-refractivity contribution in [3.63, 3.8) is 0 Å². The summed E-state index contributed by atoms with van der Waals surface area (Å²) in [6, 6.07) is 3.89. The van der Waals surface area contributed by atoms with Crippen LogP contribution in [-0.2, 0) is 14.4 Å². The topological polar surface area (TPSA) is 175 Å². The number of fused-ring (bicyclic) bond motifs is 5. The monoisotopic (exact) mass is 511 g/mol. The van der Waals surface area contributed by atoms with Gasteiger partial charge < -0.3 is 26.2 Å². The minimum Gasteiger partial charge on any atom is -0.507 e. The Balaban J connectivity index is 0.000000245. The largest absolute Gasteiger partial charge is 0.507 e. The Morgan fingerprint density at radius 3 is 2.49 bits per heavy atom. The number of anilines is 1. The van der Waals surface area contributed by atoms with E-state index in [1.165, 1.54) is 18.2 Å². The molecule has 6 atom stereocenters. The minimum absolute atomic E-state index is 0.0206. The number of benzene rings is 1. The van der Waals surface area contributed by atoms with E-state index in [4.69, 9.17) is 15.9 Å². The molecule has 0 amide bonds. The van der Waals surface area contributed by atoms with Gasteiger partial charge in [0.15, 0.2) is 11.6 Å². The SMILES string of the molecule is C[C@]12C=CC(=O)C=C1CC[C@@H]1[C@@H]2C(=O)C[C@@]2(C)[C@H]1CC[C@]2(O)C(=O)CO.Nc1ccc(O)c(C(=O)O)c1. The Hall–Kier alpha value is -3.30. The van der Waals surface area contributed by atoms with Crippen molar-refractivity contribution >= 4 is 29.0 Å². The number of carboxylic acids is 1. The van der Waals surface area contributed by atoms with Crippen molar-refractivity contribution in [3.8, 4) is 5.75 Å². The summed E-state index contributed by atoms with van der Waals surface area (Å²) in [5.74, 6) is -2.05. The Bertz CT molecular complexity index is 1230. The Morgan fingerprint density at radius 1 is 1.16 bits per heavy atom. The highest BCUT2D eigenvalue weighted by molar-refractivity contribution is 6.02. The molecule has 0 heterocycles. The lowest BCUT2D eigenvalue weighted by atomic mass is 9.46. The van der Waals surface area contributed by atoms with Crippen LogP contribution in [0.1, 0.15) is 56.3 Å². The molecule has 0 aromatic heterocycles. The first-order valence-electron chi connectivity index (χ1n) is 12.4. The number of nitrogen functional groups attached to an aromatic ring is 1. The van der Waals surface area contributed by atoms with Gasteiger partial charge in [0.1, 0.15) is 29.3 Å². The average molecular weight is 512 g/mol. The predicted octanol–water partition coefficient (Wildman–Crippen LogP) is 2.44. The molecule has 3 fully saturated rings. The molecule has 0 radical (unpaired) electrons. The minimum atomic E-state index is -1.62. The van der Waals surface area contributed by atoms with E-state index in [-0.39, 0.29) is 47.1 Å². The van der Waals surface area contributed by atoms with Gasteiger partial charge in [-0.05, 0) is 67.9 Å². The zero-order valence-electron chi connectivity index (χ0n) is 20.9. The molecule has 198 valence electrons. The number of hydrogen-bond acceptors (Lipinski definition) is 8. The van der Waals surface area contributed by atoms with Gasteiger partial charge in [0.05, 0.1) is 0 Å². The molecule has 37 heavy (non-hydrogen) atoms. The molecular formula is C28H33NO8. The fourth-order valence-corrected chi connectivity index (χ4v) is 7.35. The summed E-state index contributed by atoms with van der Waals surface area (Å²) in [5.41, 5.74) is 3.57. The van der Waals surface area contributed by atoms with Crippen LogP contribution in [0.15, 0.2) is 42.0 Å². The van der Waals surface area contributed by atoms with Crippen molar-refractivity contribution in [2.24, 2.45) is 28.6 Å². The van der Waals surface area contributed by atoms with Gasteiger partial charge in [0.25, 0.3) is 0 Å². The molecule has 6 N–H and O–H groups in total. The number of Topliss-reactive ketones (excluding diaryl/α,β-unsaturated/α-hetero) is 2. The summed E-state index contributed by atoms with van der Waals surface area (Å²) in [5, 5.41) is 37.9. The van der Waals surface area contributed by atoms with Crippen LogP contribution in [0.5, 0.6) is 5.75 Å². The predicted molar refractivity (Wildman–Crippen MR) is 134 cm³/mol. The summed E-state index contributed by atoms with van der Waals surface area (Å²) >= 11 is 0. The van der Waals surface area contributed by atoms with Crippen molar-refractivity contribution in [3.05, 3.63) is 47.6 Å². The van der Waals surface area contributed by atoms with Crippen molar-refractivity contribution in [1.82, 2.24) is 0 Å². The second-order valence-electron chi connectivity index (χ2n) is 11.1. The van der Waals surface area contributed by atoms with E-state index in [9.17, 15) is 29.4 Å². The van der Waals surface area contributed by atoms with Gasteiger partial charge in [-0.3, -0.25) is 14.4 Å². The summed E-state index contributed by atoms with van der Waals surface area (Å²) in [7, 11) is 0. The number of ketones is 3. The molecule has 4 aliphatic carbocycles. The molecule has 9 heteroatoms. The van der Waals surface area contributed by atoms with Crippen LogP contribution in [0.3, 0.4) is 0 Å². The highest BCUT2D eigenvalue weighted by Crippen LogP contribution is 2.66. The van der Waals surface area contributed by atoms with Gasteiger partial charge in [-0.15, -0.1) is 0 Å². The molecule has 0 unspecified atom stereocenters. The molecule has 0 bridgehead atoms. The molecule has 0 spiro atoms. The van der Waals surface area contributed by atoms with E-state index < -0.39 is 34.8 Å². The highest BCUT2D eigenvalue weighted by Gasteiger charge is 2.68. The maximum atomic E-state index is 13.3. The number of carbonyl (C=O) groups excluding carboxylic acids is 3. The maximum Gasteiger partial charge on any atom is 0.339 e. The number of aliphatic hydroxyl groups is 2. The van der Waals surface area contributed by atoms with E-state index in [1.54, 1.807) is 12.2 Å². The quantitative estimate of drug-likeness (QED) is 0.301. The van der Waals surface area contributed by atoms with Crippen molar-refractivity contribution < 1.29 is 39.6 Å². The van der Waals surface area contributed by atoms with Gasteiger partial charge in [0.2, 0.25) is 0 Å². The molecule has 9 nitrogen and oxygen atoms in total. The van der Waals surface area contributed by atoms with E-state index >= 15 is 0 Å². The zero-order chi connectivity index (χ0) is 27.3. The Kier molecular flexibility index (Phi) is 6.67. The lowest BCUT2D eigenvalue weighted by Gasteiger charge is -2.56. The number of aromatic hydroxyl groups is 1. The molecule has 0 saturated heterocycles. The number of carbonyl (C=O) groups is 4. The number of aromatic carboxylic acids is 1.